The number of hydrogen-bond acceptors (Lipinski definition) is 3. The Kier molecular flexibility index (Phi) is 2.99. The Hall–Kier alpha value is -3.00. The number of carbonyl (C=O) groups is 1. The molecule has 0 aliphatic carbocycles. The van der Waals surface area contributed by atoms with E-state index in [2.05, 4.69) is 6.07 Å². The molecule has 0 spiro atoms. The quantitative estimate of drug-likeness (QED) is 0.688. The molecule has 0 fully saturated rings. The lowest BCUT2D eigenvalue weighted by molar-refractivity contribution is 0.172. The van der Waals surface area contributed by atoms with E-state index in [1.165, 1.54) is 4.90 Å². The van der Waals surface area contributed by atoms with Crippen molar-refractivity contribution in [2.75, 3.05) is 14.1 Å². The number of benzene rings is 1. The zero-order chi connectivity index (χ0) is 15.0. The Balaban J connectivity index is 2.20. The van der Waals surface area contributed by atoms with Gasteiger partial charge in [-0.2, -0.15) is 5.26 Å². The van der Waals surface area contributed by atoms with Crippen LogP contribution in [0.1, 0.15) is 5.56 Å². The summed E-state index contributed by atoms with van der Waals surface area (Å²) in [4.78, 5) is 13.0. The third kappa shape index (κ3) is 2.07. The summed E-state index contributed by atoms with van der Waals surface area (Å²) in [6.07, 6.45) is 1.45. The molecule has 104 valence electrons. The van der Waals surface area contributed by atoms with E-state index in [0.29, 0.717) is 11.3 Å². The average molecular weight is 279 g/mol. The number of aromatic nitrogens is 1. The molecule has 5 heteroatoms. The monoisotopic (exact) mass is 279 g/mol. The fraction of sp³-hybridized carbons (Fsp3) is 0.125. The third-order valence-corrected chi connectivity index (χ3v) is 3.30. The normalized spacial score (nSPS) is 10.5. The third-order valence-electron chi connectivity index (χ3n) is 3.30. The summed E-state index contributed by atoms with van der Waals surface area (Å²) in [6.45, 7) is 0. The van der Waals surface area contributed by atoms with Gasteiger partial charge in [-0.25, -0.2) is 4.79 Å². The lowest BCUT2D eigenvalue weighted by atomic mass is 10.1. The van der Waals surface area contributed by atoms with Gasteiger partial charge in [0, 0.05) is 31.7 Å². The van der Waals surface area contributed by atoms with Gasteiger partial charge in [0.25, 0.3) is 0 Å². The fourth-order valence-corrected chi connectivity index (χ4v) is 2.29. The van der Waals surface area contributed by atoms with Gasteiger partial charge in [-0.1, -0.05) is 6.07 Å². The van der Waals surface area contributed by atoms with Gasteiger partial charge in [0.1, 0.15) is 11.8 Å². The van der Waals surface area contributed by atoms with Crippen molar-refractivity contribution in [3.63, 3.8) is 0 Å². The highest BCUT2D eigenvalue weighted by Crippen LogP contribution is 2.29. The van der Waals surface area contributed by atoms with Crippen LogP contribution in [-0.4, -0.2) is 29.5 Å². The van der Waals surface area contributed by atoms with Crippen molar-refractivity contribution in [3.8, 4) is 11.8 Å². The molecule has 2 heterocycles. The van der Waals surface area contributed by atoms with Crippen LogP contribution >= 0.6 is 0 Å². The van der Waals surface area contributed by atoms with E-state index in [4.69, 9.17) is 4.74 Å². The van der Waals surface area contributed by atoms with E-state index in [0.717, 1.165) is 16.4 Å². The van der Waals surface area contributed by atoms with Crippen molar-refractivity contribution >= 4 is 22.5 Å². The van der Waals surface area contributed by atoms with E-state index < -0.39 is 6.09 Å². The Morgan fingerprint density at radius 1 is 1.24 bits per heavy atom. The highest BCUT2D eigenvalue weighted by atomic mass is 16.6. The molecule has 0 bridgehead atoms. The Bertz CT molecular complexity index is 888. The first-order valence-electron chi connectivity index (χ1n) is 6.44. The molecule has 0 N–H and O–H groups in total. The van der Waals surface area contributed by atoms with Gasteiger partial charge >= 0.3 is 6.09 Å². The molecule has 3 aromatic rings. The maximum Gasteiger partial charge on any atom is 0.414 e. The standard InChI is InChI=1S/C16H13N3O2/c1-18(2)16(20)21-11-6-7-12-13(10-17)14-5-3-4-8-19(14)15(12)9-11/h3-9H,1-2H3. The van der Waals surface area contributed by atoms with Gasteiger partial charge in [0.05, 0.1) is 16.6 Å². The zero-order valence-corrected chi connectivity index (χ0v) is 11.7. The molecule has 0 saturated carbocycles. The number of fused-ring (bicyclic) bond motifs is 3. The van der Waals surface area contributed by atoms with E-state index in [1.54, 1.807) is 32.3 Å². The van der Waals surface area contributed by atoms with Gasteiger partial charge < -0.3 is 14.0 Å². The van der Waals surface area contributed by atoms with Crippen molar-refractivity contribution in [2.45, 2.75) is 0 Å². The summed E-state index contributed by atoms with van der Waals surface area (Å²) in [5.74, 6) is 0.453. The van der Waals surface area contributed by atoms with Crippen molar-refractivity contribution in [2.24, 2.45) is 0 Å². The second-order valence-electron chi connectivity index (χ2n) is 4.88. The van der Waals surface area contributed by atoms with E-state index in [9.17, 15) is 10.1 Å². The van der Waals surface area contributed by atoms with E-state index >= 15 is 0 Å². The minimum atomic E-state index is -0.435. The highest BCUT2D eigenvalue weighted by molar-refractivity contribution is 5.96. The van der Waals surface area contributed by atoms with Crippen molar-refractivity contribution in [1.82, 2.24) is 9.30 Å². The van der Waals surface area contributed by atoms with Crippen molar-refractivity contribution < 1.29 is 9.53 Å². The summed E-state index contributed by atoms with van der Waals surface area (Å²) in [5, 5.41) is 10.2. The molecular weight excluding hydrogens is 266 g/mol. The molecule has 1 aromatic carbocycles. The van der Waals surface area contributed by atoms with E-state index in [-0.39, 0.29) is 0 Å². The Morgan fingerprint density at radius 3 is 2.76 bits per heavy atom. The number of ether oxygens (including phenoxy) is 1. The first-order chi connectivity index (χ1) is 10.1. The second kappa shape index (κ2) is 4.84. The number of hydrogen-bond donors (Lipinski definition) is 0. The topological polar surface area (TPSA) is 57.7 Å². The maximum atomic E-state index is 11.6. The van der Waals surface area contributed by atoms with Crippen LogP contribution in [0.25, 0.3) is 16.4 Å². The highest BCUT2D eigenvalue weighted by Gasteiger charge is 2.13. The van der Waals surface area contributed by atoms with Crippen LogP contribution in [0.3, 0.4) is 0 Å². The largest absolute Gasteiger partial charge is 0.414 e. The van der Waals surface area contributed by atoms with Gasteiger partial charge in [-0.15, -0.1) is 0 Å². The first kappa shape index (κ1) is 13.0. The molecule has 5 nitrogen and oxygen atoms in total. The average Bonchev–Trinajstić information content (AvgIpc) is 2.80. The van der Waals surface area contributed by atoms with Gasteiger partial charge in [-0.3, -0.25) is 0 Å². The SMILES string of the molecule is CN(C)C(=O)Oc1ccc2c(C#N)c3ccccn3c2c1. The Labute approximate surface area is 121 Å². The zero-order valence-electron chi connectivity index (χ0n) is 11.7. The predicted octanol–water partition coefficient (Wildman–Crippen LogP) is 3.02. The van der Waals surface area contributed by atoms with Gasteiger partial charge in [0.15, 0.2) is 0 Å². The summed E-state index contributed by atoms with van der Waals surface area (Å²) in [7, 11) is 3.25. The molecule has 0 unspecified atom stereocenters. The molecule has 2 aromatic heterocycles. The predicted molar refractivity (Wildman–Crippen MR) is 79.3 cm³/mol. The molecule has 0 atom stereocenters. The molecular formula is C16H13N3O2. The van der Waals surface area contributed by atoms with Crippen molar-refractivity contribution in [1.29, 1.82) is 5.26 Å². The maximum absolute atomic E-state index is 11.6. The summed E-state index contributed by atoms with van der Waals surface area (Å²) < 4.78 is 7.18. The van der Waals surface area contributed by atoms with Gasteiger partial charge in [0.2, 0.25) is 0 Å². The van der Waals surface area contributed by atoms with Crippen LogP contribution < -0.4 is 4.74 Å². The molecule has 1 amide bonds. The Morgan fingerprint density at radius 2 is 2.05 bits per heavy atom. The fourth-order valence-electron chi connectivity index (χ4n) is 2.29. The summed E-state index contributed by atoms with van der Waals surface area (Å²) in [6, 6.07) is 13.2. The minimum absolute atomic E-state index is 0.435. The van der Waals surface area contributed by atoms with Crippen molar-refractivity contribution in [3.05, 3.63) is 48.2 Å². The lowest BCUT2D eigenvalue weighted by Crippen LogP contribution is -2.25. The van der Waals surface area contributed by atoms with Crippen LogP contribution in [-0.2, 0) is 0 Å². The minimum Gasteiger partial charge on any atom is -0.410 e. The van der Waals surface area contributed by atoms with Crippen LogP contribution in [0, 0.1) is 11.3 Å². The second-order valence-corrected chi connectivity index (χ2v) is 4.88. The van der Waals surface area contributed by atoms with Gasteiger partial charge in [-0.05, 0) is 24.3 Å². The first-order valence-corrected chi connectivity index (χ1v) is 6.44. The van der Waals surface area contributed by atoms with Crippen LogP contribution in [0.15, 0.2) is 42.6 Å². The van der Waals surface area contributed by atoms with E-state index in [1.807, 2.05) is 28.8 Å². The molecule has 21 heavy (non-hydrogen) atoms. The summed E-state index contributed by atoms with van der Waals surface area (Å²) in [5.41, 5.74) is 2.30. The molecule has 3 rings (SSSR count). The number of nitrogens with zero attached hydrogens (tertiary/aromatic N) is 3. The van der Waals surface area contributed by atoms with Crippen LogP contribution in [0.4, 0.5) is 4.79 Å². The number of pyridine rings is 1. The van der Waals surface area contributed by atoms with Crippen LogP contribution in [0.2, 0.25) is 0 Å². The number of amides is 1. The lowest BCUT2D eigenvalue weighted by Gasteiger charge is -2.10. The molecule has 0 aliphatic heterocycles. The summed E-state index contributed by atoms with van der Waals surface area (Å²) >= 11 is 0. The molecule has 0 aliphatic rings. The number of carbonyl (C=O) groups excluding carboxylic acids is 1. The number of rotatable bonds is 1. The number of nitriles is 1. The van der Waals surface area contributed by atoms with Crippen LogP contribution in [0.5, 0.6) is 5.75 Å². The molecule has 0 radical (unpaired) electrons. The smallest absolute Gasteiger partial charge is 0.410 e. The molecule has 0 saturated heterocycles.